The molecule has 4 heteroatoms. The van der Waals surface area contributed by atoms with E-state index in [0.717, 1.165) is 5.69 Å². The van der Waals surface area contributed by atoms with Gasteiger partial charge in [-0.15, -0.1) is 5.10 Å². The predicted octanol–water partition coefficient (Wildman–Crippen LogP) is 2.77. The summed E-state index contributed by atoms with van der Waals surface area (Å²) in [5.74, 6) is -0.0418. The Hall–Kier alpha value is -1.97. The Morgan fingerprint density at radius 2 is 1.78 bits per heavy atom. The van der Waals surface area contributed by atoms with E-state index in [0.29, 0.717) is 5.69 Å². The van der Waals surface area contributed by atoms with Crippen molar-refractivity contribution in [3.63, 3.8) is 0 Å². The van der Waals surface area contributed by atoms with E-state index in [9.17, 15) is 4.79 Å². The molecule has 4 nitrogen and oxygen atoms in total. The lowest BCUT2D eigenvalue weighted by Gasteiger charge is -2.19. The highest BCUT2D eigenvalue weighted by Gasteiger charge is 2.14. The summed E-state index contributed by atoms with van der Waals surface area (Å²) in [4.78, 5) is 11.4. The first kappa shape index (κ1) is 12.5. The van der Waals surface area contributed by atoms with Crippen LogP contribution < -0.4 is 0 Å². The Morgan fingerprint density at radius 1 is 1.17 bits per heavy atom. The first-order valence-corrected chi connectivity index (χ1v) is 5.92. The highest BCUT2D eigenvalue weighted by Crippen LogP contribution is 2.23. The number of Topliss-reactive ketones (excluding diaryl/α,β-unsaturated/α-hetero) is 1. The Kier molecular flexibility index (Phi) is 3.03. The van der Waals surface area contributed by atoms with Crippen LogP contribution >= 0.6 is 0 Å². The number of nitrogens with zero attached hydrogens (tertiary/aromatic N) is 3. The Morgan fingerprint density at radius 3 is 2.28 bits per heavy atom. The third-order valence-corrected chi connectivity index (χ3v) is 2.89. The quantitative estimate of drug-likeness (QED) is 0.762. The van der Waals surface area contributed by atoms with Crippen LogP contribution in [0.3, 0.4) is 0 Å². The zero-order chi connectivity index (χ0) is 13.3. The molecule has 0 spiro atoms. The van der Waals surface area contributed by atoms with E-state index in [1.807, 2.05) is 12.1 Å². The van der Waals surface area contributed by atoms with Crippen LogP contribution in [0.5, 0.6) is 0 Å². The lowest BCUT2D eigenvalue weighted by molar-refractivity contribution is 0.101. The topological polar surface area (TPSA) is 47.8 Å². The van der Waals surface area contributed by atoms with Crippen LogP contribution in [0, 0.1) is 0 Å². The van der Waals surface area contributed by atoms with E-state index in [1.165, 1.54) is 18.7 Å². The van der Waals surface area contributed by atoms with Gasteiger partial charge < -0.3 is 0 Å². The minimum atomic E-state index is -0.0418. The number of hydrogen-bond acceptors (Lipinski definition) is 3. The van der Waals surface area contributed by atoms with Gasteiger partial charge >= 0.3 is 0 Å². The molecule has 0 atom stereocenters. The molecule has 0 N–H and O–H groups in total. The van der Waals surface area contributed by atoms with Gasteiger partial charge in [-0.25, -0.2) is 4.68 Å². The normalized spacial score (nSPS) is 11.6. The van der Waals surface area contributed by atoms with Crippen molar-refractivity contribution >= 4 is 5.78 Å². The van der Waals surface area contributed by atoms with E-state index in [-0.39, 0.29) is 11.2 Å². The van der Waals surface area contributed by atoms with Crippen molar-refractivity contribution < 1.29 is 4.79 Å². The second kappa shape index (κ2) is 4.37. The van der Waals surface area contributed by atoms with Crippen molar-refractivity contribution in [3.8, 4) is 5.69 Å². The Balaban J connectivity index is 2.41. The highest BCUT2D eigenvalue weighted by molar-refractivity contribution is 5.92. The molecule has 0 fully saturated rings. The molecule has 0 aliphatic heterocycles. The van der Waals surface area contributed by atoms with Gasteiger partial charge in [-0.1, -0.05) is 38.1 Å². The molecule has 1 aromatic heterocycles. The summed E-state index contributed by atoms with van der Waals surface area (Å²) in [5, 5.41) is 7.73. The van der Waals surface area contributed by atoms with Crippen molar-refractivity contribution in [1.82, 2.24) is 15.0 Å². The van der Waals surface area contributed by atoms with Crippen molar-refractivity contribution in [2.45, 2.75) is 33.1 Å². The second-order valence-electron chi connectivity index (χ2n) is 5.38. The molecule has 0 radical (unpaired) electrons. The van der Waals surface area contributed by atoms with Gasteiger partial charge in [0.15, 0.2) is 5.78 Å². The van der Waals surface area contributed by atoms with Crippen LogP contribution in [0.25, 0.3) is 5.69 Å². The van der Waals surface area contributed by atoms with Crippen molar-refractivity contribution in [3.05, 3.63) is 41.7 Å². The van der Waals surface area contributed by atoms with E-state index in [1.54, 1.807) is 4.68 Å². The molecule has 0 saturated carbocycles. The average molecular weight is 243 g/mol. The minimum absolute atomic E-state index is 0.0418. The number of aromatic nitrogens is 3. The van der Waals surface area contributed by atoms with Crippen LogP contribution in [0.1, 0.15) is 43.7 Å². The van der Waals surface area contributed by atoms with Gasteiger partial charge in [0.2, 0.25) is 0 Å². The SMILES string of the molecule is CC(=O)c1cnnn1-c1ccc(C(C)(C)C)cc1. The standard InChI is InChI=1S/C14H17N3O/c1-10(18)13-9-15-16-17(13)12-7-5-11(6-8-12)14(2,3)4/h5-9H,1-4H3. The summed E-state index contributed by atoms with van der Waals surface area (Å²) in [7, 11) is 0. The molecule has 94 valence electrons. The van der Waals surface area contributed by atoms with Crippen molar-refractivity contribution in [1.29, 1.82) is 0 Å². The number of carbonyl (C=O) groups excluding carboxylic acids is 1. The van der Waals surface area contributed by atoms with E-state index in [4.69, 9.17) is 0 Å². The Labute approximate surface area is 107 Å². The number of benzene rings is 1. The summed E-state index contributed by atoms with van der Waals surface area (Å²) >= 11 is 0. The molecule has 0 aliphatic rings. The fraction of sp³-hybridized carbons (Fsp3) is 0.357. The highest BCUT2D eigenvalue weighted by atomic mass is 16.1. The maximum absolute atomic E-state index is 11.4. The van der Waals surface area contributed by atoms with Gasteiger partial charge in [0.1, 0.15) is 5.69 Å². The lowest BCUT2D eigenvalue weighted by Crippen LogP contribution is -2.11. The molecular formula is C14H17N3O. The molecule has 0 saturated heterocycles. The van der Waals surface area contributed by atoms with E-state index in [2.05, 4.69) is 43.2 Å². The predicted molar refractivity (Wildman–Crippen MR) is 70.1 cm³/mol. The summed E-state index contributed by atoms with van der Waals surface area (Å²) < 4.78 is 1.56. The fourth-order valence-corrected chi connectivity index (χ4v) is 1.77. The maximum atomic E-state index is 11.4. The second-order valence-corrected chi connectivity index (χ2v) is 5.38. The molecular weight excluding hydrogens is 226 g/mol. The first-order valence-electron chi connectivity index (χ1n) is 5.92. The van der Waals surface area contributed by atoms with Crippen LogP contribution in [-0.4, -0.2) is 20.8 Å². The van der Waals surface area contributed by atoms with Gasteiger partial charge in [0, 0.05) is 6.92 Å². The fourth-order valence-electron chi connectivity index (χ4n) is 1.77. The third-order valence-electron chi connectivity index (χ3n) is 2.89. The third kappa shape index (κ3) is 2.32. The maximum Gasteiger partial charge on any atom is 0.179 e. The molecule has 1 heterocycles. The summed E-state index contributed by atoms with van der Waals surface area (Å²) in [6, 6.07) is 8.03. The molecule has 2 rings (SSSR count). The molecule has 0 bridgehead atoms. The van der Waals surface area contributed by atoms with E-state index < -0.39 is 0 Å². The molecule has 0 aliphatic carbocycles. The van der Waals surface area contributed by atoms with Crippen molar-refractivity contribution in [2.75, 3.05) is 0 Å². The largest absolute Gasteiger partial charge is 0.293 e. The number of rotatable bonds is 2. The van der Waals surface area contributed by atoms with Gasteiger partial charge in [-0.3, -0.25) is 4.79 Å². The molecule has 0 amide bonds. The first-order chi connectivity index (χ1) is 8.39. The van der Waals surface area contributed by atoms with Gasteiger partial charge in [0.25, 0.3) is 0 Å². The van der Waals surface area contributed by atoms with Gasteiger partial charge in [-0.05, 0) is 23.1 Å². The van der Waals surface area contributed by atoms with Crippen LogP contribution in [0.4, 0.5) is 0 Å². The molecule has 1 aromatic carbocycles. The number of ketones is 1. The molecule has 0 unspecified atom stereocenters. The molecule has 18 heavy (non-hydrogen) atoms. The monoisotopic (exact) mass is 243 g/mol. The molecule has 2 aromatic rings. The lowest BCUT2D eigenvalue weighted by atomic mass is 9.87. The van der Waals surface area contributed by atoms with Gasteiger partial charge in [0.05, 0.1) is 11.9 Å². The average Bonchev–Trinajstić information content (AvgIpc) is 2.77. The summed E-state index contributed by atoms with van der Waals surface area (Å²) in [5.41, 5.74) is 2.71. The Bertz CT molecular complexity index is 561. The van der Waals surface area contributed by atoms with Crippen molar-refractivity contribution in [2.24, 2.45) is 0 Å². The van der Waals surface area contributed by atoms with Crippen LogP contribution in [0.15, 0.2) is 30.5 Å². The number of hydrogen-bond donors (Lipinski definition) is 0. The van der Waals surface area contributed by atoms with Gasteiger partial charge in [-0.2, -0.15) is 0 Å². The summed E-state index contributed by atoms with van der Waals surface area (Å²) in [6.45, 7) is 8.01. The number of carbonyl (C=O) groups is 1. The van der Waals surface area contributed by atoms with Crippen LogP contribution in [0.2, 0.25) is 0 Å². The zero-order valence-corrected chi connectivity index (χ0v) is 11.1. The zero-order valence-electron chi connectivity index (χ0n) is 11.1. The summed E-state index contributed by atoms with van der Waals surface area (Å²) in [6.07, 6.45) is 1.49. The van der Waals surface area contributed by atoms with Crippen LogP contribution in [-0.2, 0) is 5.41 Å². The van der Waals surface area contributed by atoms with E-state index >= 15 is 0 Å². The minimum Gasteiger partial charge on any atom is -0.293 e. The smallest absolute Gasteiger partial charge is 0.179 e.